The van der Waals surface area contributed by atoms with Crippen molar-refractivity contribution in [2.75, 3.05) is 0 Å². The van der Waals surface area contributed by atoms with Gasteiger partial charge < -0.3 is 10.6 Å². The third-order valence-electron chi connectivity index (χ3n) is 10.5. The Labute approximate surface area is 297 Å². The minimum atomic E-state index is 0.128. The van der Waals surface area contributed by atoms with E-state index in [0.717, 1.165) is 32.1 Å². The lowest BCUT2D eigenvalue weighted by Crippen LogP contribution is -2.45. The van der Waals surface area contributed by atoms with E-state index >= 15 is 0 Å². The summed E-state index contributed by atoms with van der Waals surface area (Å²) in [6.07, 6.45) is 31.0. The Morgan fingerprint density at radius 1 is 0.979 bits per heavy atom. The van der Waals surface area contributed by atoms with E-state index in [1.807, 2.05) is 11.3 Å². The van der Waals surface area contributed by atoms with Gasteiger partial charge in [0.05, 0.1) is 0 Å². The Hall–Kier alpha value is -2.98. The standard InChI is InChI=1S/C44H61BN2S/c1-11-33(19-15-18-31(2)3)45(40-29-32-28-35-36(30-39(32)48-40)44(9,10)26-25-43(35,7)8)41-37(46-27-17-24-42(4,5)6)22-16-23-38(41)47-34-20-13-12-14-21-34/h11,13,15-17,19-22,27-31,38,46-47H,12,14,18,23-26H2,1-10H3/b19-15-,27-17+,33-11+. The van der Waals surface area contributed by atoms with Crippen molar-refractivity contribution in [2.45, 2.75) is 131 Å². The minimum absolute atomic E-state index is 0.128. The third kappa shape index (κ3) is 8.60. The smallest absolute Gasteiger partial charge is 0.254 e. The summed E-state index contributed by atoms with van der Waals surface area (Å²) in [4.78, 5) is 0. The van der Waals surface area contributed by atoms with Crippen molar-refractivity contribution >= 4 is 32.9 Å². The lowest BCUT2D eigenvalue weighted by atomic mass is 9.36. The average molecular weight is 661 g/mol. The van der Waals surface area contributed by atoms with Crippen molar-refractivity contribution in [3.63, 3.8) is 0 Å². The van der Waals surface area contributed by atoms with E-state index in [4.69, 9.17) is 0 Å². The van der Waals surface area contributed by atoms with Crippen LogP contribution in [-0.2, 0) is 10.8 Å². The van der Waals surface area contributed by atoms with Crippen LogP contribution in [0.25, 0.3) is 10.1 Å². The number of hydrogen-bond donors (Lipinski definition) is 2. The molecule has 0 aliphatic heterocycles. The maximum Gasteiger partial charge on any atom is 0.254 e. The quantitative estimate of drug-likeness (QED) is 0.185. The van der Waals surface area contributed by atoms with Crippen molar-refractivity contribution in [1.29, 1.82) is 0 Å². The number of nitrogens with one attached hydrogen (secondary N) is 2. The van der Waals surface area contributed by atoms with E-state index in [1.54, 1.807) is 5.56 Å². The summed E-state index contributed by atoms with van der Waals surface area (Å²) in [5.41, 5.74) is 8.98. The van der Waals surface area contributed by atoms with Crippen LogP contribution in [0.5, 0.6) is 0 Å². The predicted octanol–water partition coefficient (Wildman–Crippen LogP) is 11.5. The molecule has 2 aromatic rings. The molecule has 5 rings (SSSR count). The second-order valence-corrected chi connectivity index (χ2v) is 18.4. The molecule has 48 heavy (non-hydrogen) atoms. The van der Waals surface area contributed by atoms with E-state index in [-0.39, 0.29) is 29.0 Å². The summed E-state index contributed by atoms with van der Waals surface area (Å²) >= 11 is 2.00. The van der Waals surface area contributed by atoms with Gasteiger partial charge in [-0.15, -0.1) is 11.3 Å². The van der Waals surface area contributed by atoms with Gasteiger partial charge in [-0.1, -0.05) is 110 Å². The van der Waals surface area contributed by atoms with Crippen LogP contribution in [0.2, 0.25) is 0 Å². The Morgan fingerprint density at radius 3 is 2.35 bits per heavy atom. The van der Waals surface area contributed by atoms with E-state index < -0.39 is 0 Å². The molecule has 3 aliphatic rings. The van der Waals surface area contributed by atoms with Crippen LogP contribution in [0, 0.1) is 11.3 Å². The topological polar surface area (TPSA) is 24.1 Å². The molecule has 0 radical (unpaired) electrons. The number of benzene rings is 1. The number of hydrogen-bond acceptors (Lipinski definition) is 3. The van der Waals surface area contributed by atoms with Crippen LogP contribution in [0.1, 0.15) is 125 Å². The van der Waals surface area contributed by atoms with Gasteiger partial charge in [0.2, 0.25) is 0 Å². The van der Waals surface area contributed by atoms with Gasteiger partial charge >= 0.3 is 0 Å². The molecule has 1 aromatic heterocycles. The first-order chi connectivity index (χ1) is 22.7. The van der Waals surface area contributed by atoms with E-state index in [1.165, 1.54) is 55.6 Å². The van der Waals surface area contributed by atoms with E-state index in [9.17, 15) is 0 Å². The summed E-state index contributed by atoms with van der Waals surface area (Å²) < 4.78 is 2.84. The minimum Gasteiger partial charge on any atom is -0.379 e. The summed E-state index contributed by atoms with van der Waals surface area (Å²) in [6, 6.07) is 7.80. The Bertz CT molecular complexity index is 1620. The molecular weight excluding hydrogens is 599 g/mol. The molecule has 0 saturated heterocycles. The molecule has 2 nitrogen and oxygen atoms in total. The van der Waals surface area contributed by atoms with Gasteiger partial charge in [-0.3, -0.25) is 0 Å². The molecule has 2 N–H and O–H groups in total. The number of allylic oxidation sites excluding steroid dienone is 9. The monoisotopic (exact) mass is 660 g/mol. The van der Waals surface area contributed by atoms with Gasteiger partial charge in [-0.25, -0.2) is 0 Å². The van der Waals surface area contributed by atoms with Gasteiger partial charge in [0.25, 0.3) is 6.71 Å². The predicted molar refractivity (Wildman–Crippen MR) is 215 cm³/mol. The lowest BCUT2D eigenvalue weighted by molar-refractivity contribution is 0.332. The molecule has 4 heteroatoms. The second kappa shape index (κ2) is 14.9. The van der Waals surface area contributed by atoms with Crippen molar-refractivity contribution in [3.8, 4) is 0 Å². The molecule has 1 atom stereocenters. The highest BCUT2D eigenvalue weighted by molar-refractivity contribution is 7.30. The molecule has 256 valence electrons. The summed E-state index contributed by atoms with van der Waals surface area (Å²) in [6.45, 7) is 23.6. The Morgan fingerprint density at radius 2 is 1.71 bits per heavy atom. The second-order valence-electron chi connectivity index (χ2n) is 17.3. The fraction of sp³-hybridized carbons (Fsp3) is 0.500. The number of fused-ring (bicyclic) bond motifs is 2. The van der Waals surface area contributed by atoms with Crippen molar-refractivity contribution in [3.05, 3.63) is 113 Å². The van der Waals surface area contributed by atoms with Crippen LogP contribution in [-0.4, -0.2) is 12.8 Å². The van der Waals surface area contributed by atoms with Crippen LogP contribution < -0.4 is 15.4 Å². The zero-order chi connectivity index (χ0) is 34.7. The van der Waals surface area contributed by atoms with Crippen LogP contribution in [0.15, 0.2) is 101 Å². The van der Waals surface area contributed by atoms with Crippen LogP contribution >= 0.6 is 11.3 Å². The SMILES string of the molecule is C/C=C(\C=C/CC(C)C)B(C1=C(N/C=C/CC(C)(C)C)C=CCC1NC1=CCCC=C1)c1cc2cc3c(cc2s1)C(C)(C)CCC3(C)C. The van der Waals surface area contributed by atoms with E-state index in [2.05, 4.69) is 159 Å². The van der Waals surface area contributed by atoms with Crippen molar-refractivity contribution in [2.24, 2.45) is 11.3 Å². The highest BCUT2D eigenvalue weighted by Crippen LogP contribution is 2.47. The molecular formula is C44H61BN2S. The molecule has 0 bridgehead atoms. The highest BCUT2D eigenvalue weighted by Gasteiger charge is 2.39. The summed E-state index contributed by atoms with van der Waals surface area (Å²) in [7, 11) is 0. The third-order valence-corrected chi connectivity index (χ3v) is 11.6. The molecule has 0 amide bonds. The van der Waals surface area contributed by atoms with Gasteiger partial charge in [0.15, 0.2) is 0 Å². The fourth-order valence-electron chi connectivity index (χ4n) is 7.44. The lowest BCUT2D eigenvalue weighted by Gasteiger charge is -2.41. The van der Waals surface area contributed by atoms with Crippen molar-refractivity contribution < 1.29 is 0 Å². The molecule has 0 fully saturated rings. The largest absolute Gasteiger partial charge is 0.379 e. The van der Waals surface area contributed by atoms with Gasteiger partial charge in [0, 0.05) is 22.1 Å². The van der Waals surface area contributed by atoms with Gasteiger partial charge in [-0.05, 0) is 137 Å². The molecule has 3 aliphatic carbocycles. The summed E-state index contributed by atoms with van der Waals surface area (Å²) in [5.74, 6) is 0.626. The zero-order valence-corrected chi connectivity index (χ0v) is 32.4. The zero-order valence-electron chi connectivity index (χ0n) is 31.6. The first kappa shape index (κ1) is 36.3. The fourth-order valence-corrected chi connectivity index (χ4v) is 8.67. The number of rotatable bonds is 11. The maximum absolute atomic E-state index is 4.01. The molecule has 1 unspecified atom stereocenters. The average Bonchev–Trinajstić information content (AvgIpc) is 3.44. The molecule has 0 saturated carbocycles. The highest BCUT2D eigenvalue weighted by atomic mass is 32.1. The molecule has 0 spiro atoms. The maximum atomic E-state index is 4.01. The Kier molecular flexibility index (Phi) is 11.3. The van der Waals surface area contributed by atoms with E-state index in [0.29, 0.717) is 5.92 Å². The van der Waals surface area contributed by atoms with Crippen molar-refractivity contribution in [1.82, 2.24) is 10.6 Å². The first-order valence-electron chi connectivity index (χ1n) is 18.5. The van der Waals surface area contributed by atoms with Gasteiger partial charge in [0.1, 0.15) is 0 Å². The first-order valence-corrected chi connectivity index (χ1v) is 19.4. The number of thiophene rings is 1. The van der Waals surface area contributed by atoms with Crippen LogP contribution in [0.3, 0.4) is 0 Å². The normalized spacial score (nSPS) is 21.0. The summed E-state index contributed by atoms with van der Waals surface area (Å²) in [5, 5.41) is 9.20. The Balaban J connectivity index is 1.69. The van der Waals surface area contributed by atoms with Crippen LogP contribution in [0.4, 0.5) is 0 Å². The van der Waals surface area contributed by atoms with Gasteiger partial charge in [-0.2, -0.15) is 0 Å². The molecule has 1 heterocycles. The molecule has 1 aromatic carbocycles.